The van der Waals surface area contributed by atoms with E-state index in [1.807, 2.05) is 0 Å². The average Bonchev–Trinajstić information content (AvgIpc) is 2.94. The molecule has 3 heteroatoms. The van der Waals surface area contributed by atoms with E-state index in [0.717, 1.165) is 58.2 Å². The summed E-state index contributed by atoms with van der Waals surface area (Å²) in [5.41, 5.74) is 0. The van der Waals surface area contributed by atoms with E-state index in [1.54, 1.807) is 0 Å². The number of hydrogen-bond acceptors (Lipinski definition) is 3. The fraction of sp³-hybridized carbons (Fsp3) is 0.895. The molecule has 0 aromatic heterocycles. The first-order chi connectivity index (χ1) is 10.7. The van der Waals surface area contributed by atoms with Crippen molar-refractivity contribution in [1.29, 1.82) is 0 Å². The van der Waals surface area contributed by atoms with Gasteiger partial charge < -0.3 is 14.6 Å². The van der Waals surface area contributed by atoms with Crippen molar-refractivity contribution in [1.82, 2.24) is 0 Å². The van der Waals surface area contributed by atoms with E-state index in [-0.39, 0.29) is 11.9 Å². The Labute approximate surface area is 137 Å². The molecule has 1 saturated heterocycles. The molecular weight excluding hydrogens is 276 g/mol. The van der Waals surface area contributed by atoms with Gasteiger partial charge in [-0.15, -0.1) is 0 Å². The summed E-state index contributed by atoms with van der Waals surface area (Å²) >= 11 is 0. The van der Waals surface area contributed by atoms with Crippen molar-refractivity contribution in [3.8, 4) is 0 Å². The lowest BCUT2D eigenvalue weighted by Gasteiger charge is -2.21. The van der Waals surface area contributed by atoms with Gasteiger partial charge in [-0.3, -0.25) is 0 Å². The summed E-state index contributed by atoms with van der Waals surface area (Å²) in [5.74, 6) is -0.311. The molecule has 0 radical (unpaired) electrons. The van der Waals surface area contributed by atoms with Gasteiger partial charge in [0.15, 0.2) is 5.79 Å². The molecule has 3 nitrogen and oxygen atoms in total. The molecule has 0 aliphatic carbocycles. The fourth-order valence-electron chi connectivity index (χ4n) is 2.88. The minimum absolute atomic E-state index is 0.0882. The van der Waals surface area contributed by atoms with Gasteiger partial charge in [-0.05, 0) is 51.9 Å². The van der Waals surface area contributed by atoms with Crippen LogP contribution >= 0.6 is 0 Å². The molecule has 0 bridgehead atoms. The Kier molecular flexibility index (Phi) is 10.8. The molecule has 1 heterocycles. The van der Waals surface area contributed by atoms with Crippen molar-refractivity contribution in [2.24, 2.45) is 0 Å². The third-order valence-electron chi connectivity index (χ3n) is 4.37. The van der Waals surface area contributed by atoms with Gasteiger partial charge in [0, 0.05) is 6.42 Å². The third-order valence-corrected chi connectivity index (χ3v) is 4.37. The van der Waals surface area contributed by atoms with Crippen molar-refractivity contribution in [2.45, 2.75) is 96.4 Å². The fourth-order valence-corrected chi connectivity index (χ4v) is 2.88. The van der Waals surface area contributed by atoms with Crippen molar-refractivity contribution in [2.75, 3.05) is 13.2 Å². The van der Waals surface area contributed by atoms with E-state index in [2.05, 4.69) is 26.0 Å². The first-order valence-corrected chi connectivity index (χ1v) is 9.27. The van der Waals surface area contributed by atoms with Gasteiger partial charge in [0.1, 0.15) is 0 Å². The van der Waals surface area contributed by atoms with Gasteiger partial charge in [0.2, 0.25) is 0 Å². The summed E-state index contributed by atoms with van der Waals surface area (Å²) in [6, 6.07) is 0. The minimum atomic E-state index is -0.311. The second-order valence-electron chi connectivity index (χ2n) is 6.63. The van der Waals surface area contributed by atoms with Crippen LogP contribution in [0.1, 0.15) is 84.5 Å². The number of allylic oxidation sites excluding steroid dienone is 2. The van der Waals surface area contributed by atoms with Crippen LogP contribution in [-0.2, 0) is 9.47 Å². The molecule has 1 rings (SSSR count). The highest BCUT2D eigenvalue weighted by Gasteiger charge is 2.29. The predicted octanol–water partition coefficient (Wildman–Crippen LogP) is 4.98. The summed E-state index contributed by atoms with van der Waals surface area (Å²) in [7, 11) is 0. The van der Waals surface area contributed by atoms with Gasteiger partial charge in [0.25, 0.3) is 0 Å². The predicted molar refractivity (Wildman–Crippen MR) is 91.9 cm³/mol. The molecule has 0 aromatic rings. The third kappa shape index (κ3) is 9.60. The minimum Gasteiger partial charge on any atom is -0.393 e. The van der Waals surface area contributed by atoms with Crippen LogP contribution in [0.5, 0.6) is 0 Å². The highest BCUT2D eigenvalue weighted by Crippen LogP contribution is 2.25. The van der Waals surface area contributed by atoms with E-state index >= 15 is 0 Å². The zero-order valence-electron chi connectivity index (χ0n) is 14.7. The molecule has 1 fully saturated rings. The molecule has 1 atom stereocenters. The Bertz CT molecular complexity index is 282. The van der Waals surface area contributed by atoms with Crippen molar-refractivity contribution < 1.29 is 14.6 Å². The van der Waals surface area contributed by atoms with Crippen molar-refractivity contribution in [3.05, 3.63) is 12.2 Å². The molecule has 22 heavy (non-hydrogen) atoms. The summed E-state index contributed by atoms with van der Waals surface area (Å²) < 4.78 is 11.2. The Morgan fingerprint density at radius 2 is 1.59 bits per heavy atom. The normalized spacial score (nSPS) is 19.0. The van der Waals surface area contributed by atoms with Crippen LogP contribution in [0.15, 0.2) is 12.2 Å². The molecule has 0 amide bonds. The maximum absolute atomic E-state index is 9.75. The number of ether oxygens (including phenoxy) is 2. The smallest absolute Gasteiger partial charge is 0.165 e. The molecule has 0 aromatic carbocycles. The van der Waals surface area contributed by atoms with Gasteiger partial charge in [-0.2, -0.15) is 0 Å². The van der Waals surface area contributed by atoms with E-state index in [1.165, 1.54) is 25.7 Å². The van der Waals surface area contributed by atoms with Crippen molar-refractivity contribution in [3.63, 3.8) is 0 Å². The van der Waals surface area contributed by atoms with Crippen LogP contribution in [0.4, 0.5) is 0 Å². The highest BCUT2D eigenvalue weighted by molar-refractivity contribution is 4.81. The maximum atomic E-state index is 9.75. The summed E-state index contributed by atoms with van der Waals surface area (Å²) in [6.07, 6.45) is 16.7. The zero-order chi connectivity index (χ0) is 16.1. The van der Waals surface area contributed by atoms with E-state index < -0.39 is 0 Å². The lowest BCUT2D eigenvalue weighted by atomic mass is 10.1. The van der Waals surface area contributed by atoms with Gasteiger partial charge >= 0.3 is 0 Å². The molecule has 1 N–H and O–H groups in total. The Hall–Kier alpha value is -0.380. The summed E-state index contributed by atoms with van der Waals surface area (Å²) in [6.45, 7) is 5.71. The van der Waals surface area contributed by atoms with Crippen LogP contribution in [0.3, 0.4) is 0 Å². The second-order valence-corrected chi connectivity index (χ2v) is 6.63. The number of hydrogen-bond donors (Lipinski definition) is 1. The Morgan fingerprint density at radius 1 is 0.955 bits per heavy atom. The van der Waals surface area contributed by atoms with Gasteiger partial charge in [-0.25, -0.2) is 0 Å². The van der Waals surface area contributed by atoms with Gasteiger partial charge in [0.05, 0.1) is 19.3 Å². The Balaban J connectivity index is 1.86. The van der Waals surface area contributed by atoms with Crippen LogP contribution in [0.2, 0.25) is 0 Å². The first-order valence-electron chi connectivity index (χ1n) is 9.27. The number of aliphatic hydroxyl groups is 1. The molecule has 0 saturated carbocycles. The lowest BCUT2D eigenvalue weighted by Crippen LogP contribution is -2.24. The standard InChI is InChI=1S/C19H36O3/c1-3-4-13-18(20)14-11-9-7-5-6-8-10-12-15-19(2)21-16-17-22-19/h5,7,18,20H,3-4,6,8-17H2,1-2H3/b7-5-/t18-/m1/s1. The van der Waals surface area contributed by atoms with E-state index in [4.69, 9.17) is 9.47 Å². The number of unbranched alkanes of at least 4 members (excludes halogenated alkanes) is 5. The van der Waals surface area contributed by atoms with E-state index in [9.17, 15) is 5.11 Å². The van der Waals surface area contributed by atoms with Crippen LogP contribution in [0, 0.1) is 0 Å². The molecule has 0 spiro atoms. The molecule has 1 aliphatic rings. The molecular formula is C19H36O3. The van der Waals surface area contributed by atoms with Gasteiger partial charge in [-0.1, -0.05) is 38.3 Å². The topological polar surface area (TPSA) is 38.7 Å². The lowest BCUT2D eigenvalue weighted by molar-refractivity contribution is -0.147. The molecule has 1 aliphatic heterocycles. The van der Waals surface area contributed by atoms with Crippen LogP contribution < -0.4 is 0 Å². The van der Waals surface area contributed by atoms with E-state index in [0.29, 0.717) is 0 Å². The van der Waals surface area contributed by atoms with Crippen molar-refractivity contribution >= 4 is 0 Å². The monoisotopic (exact) mass is 312 g/mol. The highest BCUT2D eigenvalue weighted by atomic mass is 16.7. The number of rotatable bonds is 13. The van der Waals surface area contributed by atoms with Crippen LogP contribution in [0.25, 0.3) is 0 Å². The first kappa shape index (κ1) is 19.7. The number of aliphatic hydroxyl groups excluding tert-OH is 1. The second kappa shape index (κ2) is 12.1. The quantitative estimate of drug-likeness (QED) is 0.385. The SMILES string of the molecule is CCCC[C@@H](O)CCC/C=C\CCCCCC1(C)OCCO1. The molecule has 0 unspecified atom stereocenters. The maximum Gasteiger partial charge on any atom is 0.165 e. The zero-order valence-corrected chi connectivity index (χ0v) is 14.7. The summed E-state index contributed by atoms with van der Waals surface area (Å²) in [5, 5.41) is 9.75. The Morgan fingerprint density at radius 3 is 2.27 bits per heavy atom. The average molecular weight is 312 g/mol. The largest absolute Gasteiger partial charge is 0.393 e. The molecule has 130 valence electrons. The van der Waals surface area contributed by atoms with Crippen LogP contribution in [-0.4, -0.2) is 30.2 Å². The summed E-state index contributed by atoms with van der Waals surface area (Å²) in [4.78, 5) is 0.